The normalized spacial score (nSPS) is 25.2. The van der Waals surface area contributed by atoms with E-state index in [-0.39, 0.29) is 0 Å². The van der Waals surface area contributed by atoms with Crippen molar-refractivity contribution in [2.75, 3.05) is 6.61 Å². The van der Waals surface area contributed by atoms with Crippen molar-refractivity contribution in [3.63, 3.8) is 0 Å². The molecule has 84 valence electrons. The van der Waals surface area contributed by atoms with Crippen LogP contribution in [-0.2, 0) is 11.3 Å². The summed E-state index contributed by atoms with van der Waals surface area (Å²) in [5.74, 6) is 1.35. The third kappa shape index (κ3) is 2.76. The van der Waals surface area contributed by atoms with Crippen molar-refractivity contribution < 1.29 is 9.26 Å². The zero-order chi connectivity index (χ0) is 10.7. The van der Waals surface area contributed by atoms with E-state index < -0.39 is 0 Å². The summed E-state index contributed by atoms with van der Waals surface area (Å²) in [6.07, 6.45) is 2.62. The second kappa shape index (κ2) is 4.72. The van der Waals surface area contributed by atoms with Gasteiger partial charge >= 0.3 is 0 Å². The molecule has 1 saturated carbocycles. The van der Waals surface area contributed by atoms with Gasteiger partial charge in [0.25, 0.3) is 0 Å². The first-order valence-electron chi connectivity index (χ1n) is 5.42. The number of aromatic nitrogens is 2. The molecule has 0 saturated heterocycles. The van der Waals surface area contributed by atoms with Crippen molar-refractivity contribution in [1.29, 1.82) is 0 Å². The molecule has 1 N–H and O–H groups in total. The summed E-state index contributed by atoms with van der Waals surface area (Å²) >= 11 is 0. The van der Waals surface area contributed by atoms with Gasteiger partial charge in [0.05, 0.1) is 12.6 Å². The van der Waals surface area contributed by atoms with Crippen molar-refractivity contribution in [1.82, 2.24) is 15.5 Å². The molecule has 0 bridgehead atoms. The standard InChI is InChI=1S/C10H17N3O2/c1-3-14-9-4-8(5-9)11-6-10-12-7(2)15-13-10/h8-9,11H,3-6H2,1-2H3. The Hall–Kier alpha value is -0.940. The molecule has 1 aliphatic rings. The minimum absolute atomic E-state index is 0.444. The average Bonchev–Trinajstić information content (AvgIpc) is 2.55. The van der Waals surface area contributed by atoms with Crippen LogP contribution >= 0.6 is 0 Å². The van der Waals surface area contributed by atoms with E-state index in [1.807, 2.05) is 6.92 Å². The molecule has 1 aromatic rings. The maximum atomic E-state index is 5.47. The van der Waals surface area contributed by atoms with Gasteiger partial charge in [0.2, 0.25) is 5.89 Å². The molecule has 0 radical (unpaired) electrons. The predicted octanol–water partition coefficient (Wildman–Crippen LogP) is 1.04. The quantitative estimate of drug-likeness (QED) is 0.788. The second-order valence-electron chi connectivity index (χ2n) is 3.86. The summed E-state index contributed by atoms with van der Waals surface area (Å²) < 4.78 is 10.4. The number of hydrogen-bond acceptors (Lipinski definition) is 5. The molecule has 2 rings (SSSR count). The molecule has 0 aliphatic heterocycles. The molecule has 1 aliphatic carbocycles. The number of hydrogen-bond donors (Lipinski definition) is 1. The van der Waals surface area contributed by atoms with Crippen LogP contribution in [0.15, 0.2) is 4.52 Å². The highest BCUT2D eigenvalue weighted by Gasteiger charge is 2.29. The number of aryl methyl sites for hydroxylation is 1. The summed E-state index contributed by atoms with van der Waals surface area (Å²) in [7, 11) is 0. The first-order valence-corrected chi connectivity index (χ1v) is 5.42. The van der Waals surface area contributed by atoms with E-state index in [2.05, 4.69) is 15.5 Å². The van der Waals surface area contributed by atoms with Gasteiger partial charge in [-0.1, -0.05) is 5.16 Å². The van der Waals surface area contributed by atoms with Crippen LogP contribution in [0.2, 0.25) is 0 Å². The lowest BCUT2D eigenvalue weighted by Crippen LogP contribution is -2.45. The first kappa shape index (κ1) is 10.6. The number of nitrogens with zero attached hydrogens (tertiary/aromatic N) is 2. The molecule has 0 atom stereocenters. The maximum Gasteiger partial charge on any atom is 0.223 e. The number of rotatable bonds is 5. The maximum absolute atomic E-state index is 5.47. The largest absolute Gasteiger partial charge is 0.378 e. The molecule has 1 heterocycles. The lowest BCUT2D eigenvalue weighted by Gasteiger charge is -2.35. The van der Waals surface area contributed by atoms with E-state index in [0.717, 1.165) is 25.3 Å². The molecule has 0 aromatic carbocycles. The smallest absolute Gasteiger partial charge is 0.223 e. The Morgan fingerprint density at radius 3 is 2.93 bits per heavy atom. The van der Waals surface area contributed by atoms with Crippen LogP contribution in [0.3, 0.4) is 0 Å². The van der Waals surface area contributed by atoms with E-state index in [4.69, 9.17) is 9.26 Å². The SMILES string of the molecule is CCOC1CC(NCc2noc(C)n2)C1. The van der Waals surface area contributed by atoms with E-state index in [9.17, 15) is 0 Å². The second-order valence-corrected chi connectivity index (χ2v) is 3.86. The fourth-order valence-corrected chi connectivity index (χ4v) is 1.75. The van der Waals surface area contributed by atoms with Gasteiger partial charge in [-0.3, -0.25) is 0 Å². The average molecular weight is 211 g/mol. The highest BCUT2D eigenvalue weighted by atomic mass is 16.5. The molecule has 1 fully saturated rings. The van der Waals surface area contributed by atoms with Crippen molar-refractivity contribution in [3.8, 4) is 0 Å². The molecule has 5 nitrogen and oxygen atoms in total. The van der Waals surface area contributed by atoms with Gasteiger partial charge in [0.15, 0.2) is 5.82 Å². The topological polar surface area (TPSA) is 60.2 Å². The van der Waals surface area contributed by atoms with Gasteiger partial charge in [-0.15, -0.1) is 0 Å². The lowest BCUT2D eigenvalue weighted by molar-refractivity contribution is -0.0104. The van der Waals surface area contributed by atoms with Crippen LogP contribution in [0.1, 0.15) is 31.5 Å². The Morgan fingerprint density at radius 1 is 1.53 bits per heavy atom. The zero-order valence-corrected chi connectivity index (χ0v) is 9.19. The highest BCUT2D eigenvalue weighted by Crippen LogP contribution is 2.23. The fourth-order valence-electron chi connectivity index (χ4n) is 1.75. The van der Waals surface area contributed by atoms with Gasteiger partial charge in [-0.2, -0.15) is 4.98 Å². The minimum Gasteiger partial charge on any atom is -0.378 e. The summed E-state index contributed by atoms with van der Waals surface area (Å²) in [6, 6.07) is 0.542. The van der Waals surface area contributed by atoms with Crippen LogP contribution in [0.5, 0.6) is 0 Å². The monoisotopic (exact) mass is 211 g/mol. The van der Waals surface area contributed by atoms with Gasteiger partial charge in [0, 0.05) is 19.6 Å². The summed E-state index contributed by atoms with van der Waals surface area (Å²) in [4.78, 5) is 4.12. The Labute approximate surface area is 89.2 Å². The fraction of sp³-hybridized carbons (Fsp3) is 0.800. The molecule has 5 heteroatoms. The molecule has 0 amide bonds. The Balaban J connectivity index is 1.64. The van der Waals surface area contributed by atoms with E-state index >= 15 is 0 Å². The molecular weight excluding hydrogens is 194 g/mol. The highest BCUT2D eigenvalue weighted by molar-refractivity contribution is 4.89. The Bertz CT molecular complexity index is 307. The zero-order valence-electron chi connectivity index (χ0n) is 9.19. The molecule has 0 unspecified atom stereocenters. The Kier molecular flexibility index (Phi) is 3.33. The third-order valence-electron chi connectivity index (χ3n) is 2.62. The van der Waals surface area contributed by atoms with Crippen LogP contribution < -0.4 is 5.32 Å². The van der Waals surface area contributed by atoms with E-state index in [1.165, 1.54) is 0 Å². The van der Waals surface area contributed by atoms with E-state index in [0.29, 0.717) is 24.6 Å². The van der Waals surface area contributed by atoms with Crippen LogP contribution in [-0.4, -0.2) is 28.9 Å². The van der Waals surface area contributed by atoms with Gasteiger partial charge in [-0.25, -0.2) is 0 Å². The Morgan fingerprint density at radius 2 is 2.33 bits per heavy atom. The number of ether oxygens (including phenoxy) is 1. The van der Waals surface area contributed by atoms with Crippen molar-refractivity contribution >= 4 is 0 Å². The summed E-state index contributed by atoms with van der Waals surface area (Å²) in [6.45, 7) is 5.32. The lowest BCUT2D eigenvalue weighted by atomic mass is 9.89. The van der Waals surface area contributed by atoms with Crippen molar-refractivity contribution in [3.05, 3.63) is 11.7 Å². The first-order chi connectivity index (χ1) is 7.28. The summed E-state index contributed by atoms with van der Waals surface area (Å²) in [5.41, 5.74) is 0. The number of nitrogens with one attached hydrogen (secondary N) is 1. The van der Waals surface area contributed by atoms with E-state index in [1.54, 1.807) is 6.92 Å². The van der Waals surface area contributed by atoms with Crippen LogP contribution in [0, 0.1) is 6.92 Å². The molecular formula is C10H17N3O2. The van der Waals surface area contributed by atoms with Crippen LogP contribution in [0.4, 0.5) is 0 Å². The third-order valence-corrected chi connectivity index (χ3v) is 2.62. The van der Waals surface area contributed by atoms with Crippen molar-refractivity contribution in [2.45, 2.75) is 45.4 Å². The molecule has 1 aromatic heterocycles. The minimum atomic E-state index is 0.444. The molecule has 0 spiro atoms. The van der Waals surface area contributed by atoms with Crippen LogP contribution in [0.25, 0.3) is 0 Å². The van der Waals surface area contributed by atoms with Gasteiger partial charge in [-0.05, 0) is 19.8 Å². The van der Waals surface area contributed by atoms with Gasteiger partial charge < -0.3 is 14.6 Å². The van der Waals surface area contributed by atoms with Gasteiger partial charge in [0.1, 0.15) is 0 Å². The van der Waals surface area contributed by atoms with Crippen molar-refractivity contribution in [2.24, 2.45) is 0 Å². The molecule has 15 heavy (non-hydrogen) atoms. The predicted molar refractivity (Wildman–Crippen MR) is 54.3 cm³/mol. The summed E-state index contributed by atoms with van der Waals surface area (Å²) in [5, 5.41) is 7.19.